The topological polar surface area (TPSA) is 75.5 Å². The molecule has 28 heavy (non-hydrogen) atoms. The van der Waals surface area contributed by atoms with Gasteiger partial charge in [0.1, 0.15) is 18.1 Å². The summed E-state index contributed by atoms with van der Waals surface area (Å²) >= 11 is 11.2. The van der Waals surface area contributed by atoms with Crippen molar-refractivity contribution in [1.29, 1.82) is 0 Å². The zero-order valence-corrected chi connectivity index (χ0v) is 16.6. The number of amides is 1. The van der Waals surface area contributed by atoms with Crippen molar-refractivity contribution in [2.75, 3.05) is 5.32 Å². The number of hydrogen-bond donors (Lipinski definition) is 3. The van der Waals surface area contributed by atoms with Crippen LogP contribution in [0.5, 0.6) is 5.75 Å². The van der Waals surface area contributed by atoms with Gasteiger partial charge < -0.3 is 14.5 Å². The Bertz CT molecular complexity index is 990. The Hall–Kier alpha value is -3.03. The number of hydrogen-bond acceptors (Lipinski definition) is 4. The van der Waals surface area contributed by atoms with Crippen LogP contribution >= 0.6 is 23.8 Å². The second-order valence-corrected chi connectivity index (χ2v) is 6.65. The van der Waals surface area contributed by atoms with Gasteiger partial charge in [0.2, 0.25) is 0 Å². The number of anilines is 1. The molecule has 0 aliphatic rings. The Morgan fingerprint density at radius 1 is 1.07 bits per heavy atom. The number of para-hydroxylation sites is 2. The van der Waals surface area contributed by atoms with Crippen LogP contribution < -0.4 is 20.9 Å². The number of aryl methyl sites for hydroxylation is 1. The minimum atomic E-state index is -0.460. The molecule has 0 saturated heterocycles. The lowest BCUT2D eigenvalue weighted by Gasteiger charge is -2.12. The SMILES string of the molecule is Cc1ccccc1NC(=S)NNC(=O)c1ccc(COc2ccccc2Cl)o1. The van der Waals surface area contributed by atoms with Crippen LogP contribution in [0.25, 0.3) is 0 Å². The Labute approximate surface area is 172 Å². The van der Waals surface area contributed by atoms with Crippen LogP contribution in [-0.2, 0) is 6.61 Å². The molecule has 0 saturated carbocycles. The Morgan fingerprint density at radius 2 is 1.82 bits per heavy atom. The number of halogens is 1. The highest BCUT2D eigenvalue weighted by atomic mass is 35.5. The quantitative estimate of drug-likeness (QED) is 0.422. The number of carbonyl (C=O) groups is 1. The van der Waals surface area contributed by atoms with E-state index in [1.807, 2.05) is 43.3 Å². The summed E-state index contributed by atoms with van der Waals surface area (Å²) in [6.07, 6.45) is 0. The fourth-order valence-electron chi connectivity index (χ4n) is 2.33. The molecule has 1 amide bonds. The van der Waals surface area contributed by atoms with E-state index in [1.54, 1.807) is 24.3 Å². The fourth-order valence-corrected chi connectivity index (χ4v) is 2.68. The first-order valence-electron chi connectivity index (χ1n) is 8.42. The van der Waals surface area contributed by atoms with Gasteiger partial charge in [-0.25, -0.2) is 0 Å². The van der Waals surface area contributed by atoms with Gasteiger partial charge in [0.05, 0.1) is 5.02 Å². The summed E-state index contributed by atoms with van der Waals surface area (Å²) in [5.41, 5.74) is 7.02. The summed E-state index contributed by atoms with van der Waals surface area (Å²) in [4.78, 5) is 12.2. The summed E-state index contributed by atoms with van der Waals surface area (Å²) in [5.74, 6) is 0.702. The van der Waals surface area contributed by atoms with Gasteiger partial charge in [0, 0.05) is 5.69 Å². The van der Waals surface area contributed by atoms with E-state index in [1.165, 1.54) is 0 Å². The van der Waals surface area contributed by atoms with Crippen molar-refractivity contribution in [3.8, 4) is 5.75 Å². The minimum absolute atomic E-state index is 0.129. The van der Waals surface area contributed by atoms with Crippen LogP contribution in [0, 0.1) is 6.92 Å². The van der Waals surface area contributed by atoms with Gasteiger partial charge in [-0.15, -0.1) is 0 Å². The molecule has 8 heteroatoms. The van der Waals surface area contributed by atoms with Crippen LogP contribution in [0.3, 0.4) is 0 Å². The summed E-state index contributed by atoms with van der Waals surface area (Å²) in [5, 5.41) is 3.77. The van der Waals surface area contributed by atoms with E-state index in [-0.39, 0.29) is 17.5 Å². The lowest BCUT2D eigenvalue weighted by molar-refractivity contribution is 0.0912. The second-order valence-electron chi connectivity index (χ2n) is 5.83. The summed E-state index contributed by atoms with van der Waals surface area (Å²) in [7, 11) is 0. The van der Waals surface area contributed by atoms with Gasteiger partial charge in [-0.05, 0) is 55.0 Å². The smallest absolute Gasteiger partial charge is 0.305 e. The first kappa shape index (κ1) is 19.7. The molecule has 0 atom stereocenters. The highest BCUT2D eigenvalue weighted by Gasteiger charge is 2.12. The standard InChI is InChI=1S/C20H18ClN3O3S/c1-13-6-2-4-8-16(13)22-20(28)24-23-19(25)18-11-10-14(27-18)12-26-17-9-5-3-7-15(17)21/h2-11H,12H2,1H3,(H,23,25)(H2,22,24,28). The zero-order valence-electron chi connectivity index (χ0n) is 15.0. The van der Waals surface area contributed by atoms with E-state index < -0.39 is 5.91 Å². The van der Waals surface area contributed by atoms with Gasteiger partial charge >= 0.3 is 5.91 Å². The molecule has 2 aromatic carbocycles. The Balaban J connectivity index is 1.49. The van der Waals surface area contributed by atoms with Crippen molar-refractivity contribution < 1.29 is 13.9 Å². The van der Waals surface area contributed by atoms with Gasteiger partial charge in [-0.2, -0.15) is 0 Å². The number of nitrogens with one attached hydrogen (secondary N) is 3. The van der Waals surface area contributed by atoms with Crippen molar-refractivity contribution in [2.45, 2.75) is 13.5 Å². The van der Waals surface area contributed by atoms with Crippen LogP contribution in [0.2, 0.25) is 5.02 Å². The largest absolute Gasteiger partial charge is 0.484 e. The maximum atomic E-state index is 12.2. The van der Waals surface area contributed by atoms with Crippen LogP contribution in [0.4, 0.5) is 5.69 Å². The van der Waals surface area contributed by atoms with E-state index in [4.69, 9.17) is 33.0 Å². The molecule has 3 aromatic rings. The molecule has 0 fully saturated rings. The summed E-state index contributed by atoms with van der Waals surface area (Å²) < 4.78 is 11.1. The highest BCUT2D eigenvalue weighted by molar-refractivity contribution is 7.80. The molecular formula is C20H18ClN3O3S. The van der Waals surface area contributed by atoms with Crippen molar-refractivity contribution in [1.82, 2.24) is 10.9 Å². The van der Waals surface area contributed by atoms with E-state index in [9.17, 15) is 4.79 Å². The molecule has 144 valence electrons. The molecule has 0 aliphatic heterocycles. The average molecular weight is 416 g/mol. The highest BCUT2D eigenvalue weighted by Crippen LogP contribution is 2.24. The molecule has 1 heterocycles. The second kappa shape index (κ2) is 9.25. The predicted octanol–water partition coefficient (Wildman–Crippen LogP) is 4.45. The van der Waals surface area contributed by atoms with Gasteiger partial charge in [0.25, 0.3) is 0 Å². The van der Waals surface area contributed by atoms with Crippen molar-refractivity contribution in [3.05, 3.63) is 82.8 Å². The van der Waals surface area contributed by atoms with E-state index in [2.05, 4.69) is 16.2 Å². The lowest BCUT2D eigenvalue weighted by atomic mass is 10.2. The molecule has 0 unspecified atom stereocenters. The third-order valence-corrected chi connectivity index (χ3v) is 4.29. The van der Waals surface area contributed by atoms with Crippen molar-refractivity contribution in [2.24, 2.45) is 0 Å². The van der Waals surface area contributed by atoms with Gasteiger partial charge in [0.15, 0.2) is 10.9 Å². The van der Waals surface area contributed by atoms with Gasteiger partial charge in [-0.1, -0.05) is 41.9 Å². The first-order chi connectivity index (χ1) is 13.5. The number of ether oxygens (including phenoxy) is 1. The minimum Gasteiger partial charge on any atom is -0.484 e. The van der Waals surface area contributed by atoms with Crippen LogP contribution in [-0.4, -0.2) is 11.0 Å². The molecule has 1 aromatic heterocycles. The number of benzene rings is 2. The van der Waals surface area contributed by atoms with E-state index >= 15 is 0 Å². The molecular weight excluding hydrogens is 398 g/mol. The fraction of sp³-hybridized carbons (Fsp3) is 0.100. The Kier molecular flexibility index (Phi) is 6.52. The number of rotatable bonds is 5. The molecule has 0 aliphatic carbocycles. The monoisotopic (exact) mass is 415 g/mol. The number of furan rings is 1. The zero-order chi connectivity index (χ0) is 19.9. The van der Waals surface area contributed by atoms with Gasteiger partial charge in [-0.3, -0.25) is 15.6 Å². The predicted molar refractivity (Wildman–Crippen MR) is 112 cm³/mol. The van der Waals surface area contributed by atoms with Crippen LogP contribution in [0.15, 0.2) is 65.1 Å². The van der Waals surface area contributed by atoms with E-state index in [0.717, 1.165) is 11.3 Å². The molecule has 6 nitrogen and oxygen atoms in total. The van der Waals surface area contributed by atoms with Crippen molar-refractivity contribution in [3.63, 3.8) is 0 Å². The normalized spacial score (nSPS) is 10.2. The summed E-state index contributed by atoms with van der Waals surface area (Å²) in [6, 6.07) is 18.0. The number of hydrazine groups is 1. The van der Waals surface area contributed by atoms with Crippen LogP contribution in [0.1, 0.15) is 21.9 Å². The lowest BCUT2D eigenvalue weighted by Crippen LogP contribution is -2.43. The average Bonchev–Trinajstić information content (AvgIpc) is 3.16. The van der Waals surface area contributed by atoms with E-state index in [0.29, 0.717) is 16.5 Å². The summed E-state index contributed by atoms with van der Waals surface area (Å²) in [6.45, 7) is 2.11. The third-order valence-electron chi connectivity index (χ3n) is 3.77. The molecule has 3 N–H and O–H groups in total. The molecule has 0 spiro atoms. The molecule has 0 bridgehead atoms. The molecule has 3 rings (SSSR count). The maximum Gasteiger partial charge on any atom is 0.305 e. The first-order valence-corrected chi connectivity index (χ1v) is 9.20. The third kappa shape index (κ3) is 5.25. The Morgan fingerprint density at radius 3 is 2.61 bits per heavy atom. The van der Waals surface area contributed by atoms with Crippen molar-refractivity contribution >= 4 is 40.5 Å². The molecule has 0 radical (unpaired) electrons. The number of thiocarbonyl (C=S) groups is 1. The number of carbonyl (C=O) groups excluding carboxylic acids is 1. The maximum absolute atomic E-state index is 12.2.